The van der Waals surface area contributed by atoms with Crippen LogP contribution in [-0.2, 0) is 4.79 Å². The second-order valence-corrected chi connectivity index (χ2v) is 4.23. The number of amides is 1. The van der Waals surface area contributed by atoms with E-state index in [1.807, 2.05) is 18.2 Å². The van der Waals surface area contributed by atoms with Crippen molar-refractivity contribution in [3.8, 4) is 0 Å². The van der Waals surface area contributed by atoms with Gasteiger partial charge in [0.2, 0.25) is 11.8 Å². The Hall–Kier alpha value is -0.940. The first-order valence-electron chi connectivity index (χ1n) is 4.29. The van der Waals surface area contributed by atoms with Gasteiger partial charge in [-0.15, -0.1) is 0 Å². The van der Waals surface area contributed by atoms with Crippen molar-refractivity contribution in [1.29, 1.82) is 0 Å². The normalized spacial score (nSPS) is 10.5. The summed E-state index contributed by atoms with van der Waals surface area (Å²) in [4.78, 5) is 11.1. The SMILES string of the molecule is O=C(CS)Nc1cc2cc(Br)ccc2o1. The summed E-state index contributed by atoms with van der Waals surface area (Å²) in [5.41, 5.74) is 0.743. The van der Waals surface area contributed by atoms with Crippen molar-refractivity contribution in [3.63, 3.8) is 0 Å². The molecule has 0 atom stereocenters. The van der Waals surface area contributed by atoms with Gasteiger partial charge < -0.3 is 4.42 Å². The molecule has 0 fully saturated rings. The Kier molecular flexibility index (Phi) is 3.02. The van der Waals surface area contributed by atoms with Gasteiger partial charge >= 0.3 is 0 Å². The summed E-state index contributed by atoms with van der Waals surface area (Å²) in [7, 11) is 0. The minimum absolute atomic E-state index is 0.140. The molecular formula is C10H8BrNO2S. The standard InChI is InChI=1S/C10H8BrNO2S/c11-7-1-2-8-6(3-7)4-10(14-8)12-9(13)5-15/h1-4,15H,5H2,(H,12,13). The Bertz CT molecular complexity index is 509. The zero-order chi connectivity index (χ0) is 10.8. The minimum Gasteiger partial charge on any atom is -0.440 e. The van der Waals surface area contributed by atoms with Crippen LogP contribution in [0.1, 0.15) is 0 Å². The molecule has 2 rings (SSSR count). The Labute approximate surface area is 100 Å². The largest absolute Gasteiger partial charge is 0.440 e. The van der Waals surface area contributed by atoms with E-state index in [1.54, 1.807) is 6.07 Å². The second-order valence-electron chi connectivity index (χ2n) is 3.00. The molecule has 5 heteroatoms. The van der Waals surface area contributed by atoms with Crippen LogP contribution in [0.3, 0.4) is 0 Å². The molecule has 0 aliphatic carbocycles. The van der Waals surface area contributed by atoms with E-state index in [1.165, 1.54) is 0 Å². The highest BCUT2D eigenvalue weighted by Gasteiger charge is 2.06. The average molecular weight is 286 g/mol. The van der Waals surface area contributed by atoms with E-state index in [2.05, 4.69) is 33.9 Å². The van der Waals surface area contributed by atoms with E-state index < -0.39 is 0 Å². The lowest BCUT2D eigenvalue weighted by molar-refractivity contribution is -0.113. The maximum Gasteiger partial charge on any atom is 0.236 e. The van der Waals surface area contributed by atoms with Crippen LogP contribution in [0.5, 0.6) is 0 Å². The summed E-state index contributed by atoms with van der Waals surface area (Å²) in [6.07, 6.45) is 0. The van der Waals surface area contributed by atoms with Crippen LogP contribution in [0.2, 0.25) is 0 Å². The van der Waals surface area contributed by atoms with Gasteiger partial charge in [0.1, 0.15) is 5.58 Å². The summed E-state index contributed by atoms with van der Waals surface area (Å²) in [6, 6.07) is 7.43. The molecule has 1 aromatic heterocycles. The van der Waals surface area contributed by atoms with Crippen LogP contribution in [0, 0.1) is 0 Å². The lowest BCUT2D eigenvalue weighted by Gasteiger charge is -1.95. The molecule has 3 nitrogen and oxygen atoms in total. The fraction of sp³-hybridized carbons (Fsp3) is 0.100. The van der Waals surface area contributed by atoms with Crippen molar-refractivity contribution in [3.05, 3.63) is 28.7 Å². The topological polar surface area (TPSA) is 42.2 Å². The van der Waals surface area contributed by atoms with Crippen LogP contribution in [0.4, 0.5) is 5.88 Å². The van der Waals surface area contributed by atoms with Crippen molar-refractivity contribution < 1.29 is 9.21 Å². The van der Waals surface area contributed by atoms with E-state index >= 15 is 0 Å². The Morgan fingerprint density at radius 1 is 1.47 bits per heavy atom. The van der Waals surface area contributed by atoms with Gasteiger partial charge in [-0.3, -0.25) is 10.1 Å². The lowest BCUT2D eigenvalue weighted by atomic mass is 10.3. The zero-order valence-electron chi connectivity index (χ0n) is 7.66. The highest BCUT2D eigenvalue weighted by molar-refractivity contribution is 9.10. The third-order valence-corrected chi connectivity index (χ3v) is 2.67. The van der Waals surface area contributed by atoms with Crippen LogP contribution in [0.25, 0.3) is 11.0 Å². The number of hydrogen-bond donors (Lipinski definition) is 2. The fourth-order valence-corrected chi connectivity index (χ4v) is 1.71. The predicted octanol–water partition coefficient (Wildman–Crippen LogP) is 3.06. The molecule has 0 bridgehead atoms. The number of carbonyl (C=O) groups excluding carboxylic acids is 1. The molecule has 0 aliphatic heterocycles. The van der Waals surface area contributed by atoms with Gasteiger partial charge in [-0.05, 0) is 18.2 Å². The Morgan fingerprint density at radius 3 is 3.00 bits per heavy atom. The lowest BCUT2D eigenvalue weighted by Crippen LogP contribution is -2.11. The first-order chi connectivity index (χ1) is 7.19. The summed E-state index contributed by atoms with van der Waals surface area (Å²) >= 11 is 7.23. The fourth-order valence-electron chi connectivity index (χ4n) is 1.25. The maximum atomic E-state index is 11.1. The number of furan rings is 1. The monoisotopic (exact) mass is 285 g/mol. The van der Waals surface area contributed by atoms with Crippen LogP contribution in [0.15, 0.2) is 33.2 Å². The van der Waals surface area contributed by atoms with Gasteiger partial charge in [0.25, 0.3) is 0 Å². The summed E-state index contributed by atoms with van der Waals surface area (Å²) < 4.78 is 6.38. The molecular weight excluding hydrogens is 278 g/mol. The molecule has 0 aliphatic rings. The highest BCUT2D eigenvalue weighted by atomic mass is 79.9. The number of carbonyl (C=O) groups is 1. The number of hydrogen-bond acceptors (Lipinski definition) is 3. The summed E-state index contributed by atoms with van der Waals surface area (Å²) in [6.45, 7) is 0. The van der Waals surface area contributed by atoms with Crippen molar-refractivity contribution in [2.24, 2.45) is 0 Å². The molecule has 2 aromatic rings. The van der Waals surface area contributed by atoms with E-state index in [0.717, 1.165) is 15.4 Å². The third-order valence-electron chi connectivity index (χ3n) is 1.88. The Balaban J connectivity index is 2.34. The number of thiol groups is 1. The minimum atomic E-state index is -0.184. The molecule has 1 N–H and O–H groups in total. The highest BCUT2D eigenvalue weighted by Crippen LogP contribution is 2.25. The molecule has 1 aromatic carbocycles. The second kappa shape index (κ2) is 4.28. The van der Waals surface area contributed by atoms with E-state index in [0.29, 0.717) is 5.88 Å². The van der Waals surface area contributed by atoms with Gasteiger partial charge in [0, 0.05) is 15.9 Å². The smallest absolute Gasteiger partial charge is 0.236 e. The van der Waals surface area contributed by atoms with Gasteiger partial charge in [0.05, 0.1) is 5.75 Å². The molecule has 0 spiro atoms. The number of rotatable bonds is 2. The predicted molar refractivity (Wildman–Crippen MR) is 66.4 cm³/mol. The number of halogens is 1. The van der Waals surface area contributed by atoms with Crippen molar-refractivity contribution in [1.82, 2.24) is 0 Å². The third kappa shape index (κ3) is 2.35. The molecule has 1 heterocycles. The molecule has 0 unspecified atom stereocenters. The summed E-state index contributed by atoms with van der Waals surface area (Å²) in [5, 5.41) is 3.55. The number of benzene rings is 1. The van der Waals surface area contributed by atoms with Crippen LogP contribution >= 0.6 is 28.6 Å². The van der Waals surface area contributed by atoms with Crippen LogP contribution < -0.4 is 5.32 Å². The number of anilines is 1. The van der Waals surface area contributed by atoms with Gasteiger partial charge in [0.15, 0.2) is 0 Å². The molecule has 0 radical (unpaired) electrons. The van der Waals surface area contributed by atoms with Gasteiger partial charge in [-0.1, -0.05) is 15.9 Å². The van der Waals surface area contributed by atoms with E-state index in [9.17, 15) is 4.79 Å². The number of fused-ring (bicyclic) bond motifs is 1. The zero-order valence-corrected chi connectivity index (χ0v) is 10.1. The van der Waals surface area contributed by atoms with Crippen molar-refractivity contribution >= 4 is 51.3 Å². The van der Waals surface area contributed by atoms with Gasteiger partial charge in [-0.2, -0.15) is 12.6 Å². The van der Waals surface area contributed by atoms with Gasteiger partial charge in [-0.25, -0.2) is 0 Å². The number of nitrogens with one attached hydrogen (secondary N) is 1. The molecule has 0 saturated heterocycles. The molecule has 1 amide bonds. The maximum absolute atomic E-state index is 11.1. The molecule has 15 heavy (non-hydrogen) atoms. The summed E-state index contributed by atoms with van der Waals surface area (Å²) in [5.74, 6) is 0.402. The van der Waals surface area contributed by atoms with Crippen LogP contribution in [-0.4, -0.2) is 11.7 Å². The first kappa shape index (κ1) is 10.6. The molecule has 0 saturated carbocycles. The van der Waals surface area contributed by atoms with Crippen molar-refractivity contribution in [2.75, 3.05) is 11.1 Å². The van der Waals surface area contributed by atoms with E-state index in [4.69, 9.17) is 4.42 Å². The van der Waals surface area contributed by atoms with E-state index in [-0.39, 0.29) is 11.7 Å². The van der Waals surface area contributed by atoms with Crippen molar-refractivity contribution in [2.45, 2.75) is 0 Å². The Morgan fingerprint density at radius 2 is 2.27 bits per heavy atom. The quantitative estimate of drug-likeness (QED) is 0.833. The average Bonchev–Trinajstić information content (AvgIpc) is 2.59. The molecule has 78 valence electrons. The first-order valence-corrected chi connectivity index (χ1v) is 5.71.